The molecular weight excluding hydrogens is 949 g/mol. The van der Waals surface area contributed by atoms with Gasteiger partial charge in [-0.05, 0) is 108 Å². The van der Waals surface area contributed by atoms with Crippen LogP contribution in [0, 0.1) is 0 Å². The third kappa shape index (κ3) is 8.42. The lowest BCUT2D eigenvalue weighted by Gasteiger charge is -2.34. The molecule has 358 valence electrons. The van der Waals surface area contributed by atoms with E-state index in [0.29, 0.717) is 11.6 Å². The Morgan fingerprint density at radius 3 is 1.00 bits per heavy atom. The minimum Gasteiger partial charge on any atom is -0.453 e. The fourth-order valence-electron chi connectivity index (χ4n) is 10.2. The zero-order valence-corrected chi connectivity index (χ0v) is 41.7. The number of benzene rings is 10. The topological polar surface area (TPSA) is 67.3 Å². The summed E-state index contributed by atoms with van der Waals surface area (Å²) in [7, 11) is 0. The van der Waals surface area contributed by atoms with Gasteiger partial charge in [-0.1, -0.05) is 182 Å². The van der Waals surface area contributed by atoms with Crippen LogP contribution in [0.5, 0.6) is 11.5 Å². The molecule has 8 heteroatoms. The van der Waals surface area contributed by atoms with Crippen molar-refractivity contribution in [3.8, 4) is 90.4 Å². The van der Waals surface area contributed by atoms with Gasteiger partial charge in [0.1, 0.15) is 0 Å². The summed E-state index contributed by atoms with van der Waals surface area (Å²) in [6.45, 7) is 0. The van der Waals surface area contributed by atoms with Crippen molar-refractivity contribution >= 4 is 45.9 Å². The van der Waals surface area contributed by atoms with E-state index in [9.17, 15) is 0 Å². The molecule has 2 aliphatic heterocycles. The normalized spacial score (nSPS) is 12.2. The number of aromatic nitrogens is 4. The van der Waals surface area contributed by atoms with Crippen LogP contribution in [0.15, 0.2) is 277 Å². The van der Waals surface area contributed by atoms with Crippen molar-refractivity contribution in [2.24, 2.45) is 0 Å². The summed E-state index contributed by atoms with van der Waals surface area (Å²) < 4.78 is 6.59. The average molecular weight is 993 g/mol. The molecule has 12 aromatic rings. The molecule has 76 heavy (non-hydrogen) atoms. The fourth-order valence-corrected chi connectivity index (χ4v) is 11.3. The quantitative estimate of drug-likeness (QED) is 0.142. The molecule has 4 heterocycles. The summed E-state index contributed by atoms with van der Waals surface area (Å²) in [4.78, 5) is 28.3. The second kappa shape index (κ2) is 19.2. The maximum Gasteiger partial charge on any atom is 0.160 e. The van der Waals surface area contributed by atoms with E-state index in [1.54, 1.807) is 11.8 Å². The van der Waals surface area contributed by atoms with E-state index in [4.69, 9.17) is 24.7 Å². The Hall–Kier alpha value is -9.89. The van der Waals surface area contributed by atoms with Gasteiger partial charge in [0, 0.05) is 54.5 Å². The Morgan fingerprint density at radius 2 is 0.579 bits per heavy atom. The molecule has 2 aliphatic rings. The minimum atomic E-state index is 0.641. The fraction of sp³-hybridized carbons (Fsp3) is 0. The van der Waals surface area contributed by atoms with Crippen molar-refractivity contribution in [2.45, 2.75) is 9.79 Å². The summed E-state index contributed by atoms with van der Waals surface area (Å²) in [6, 6.07) is 92.9. The predicted octanol–water partition coefficient (Wildman–Crippen LogP) is 18.4. The van der Waals surface area contributed by atoms with Crippen LogP contribution >= 0.6 is 11.8 Å². The predicted molar refractivity (Wildman–Crippen MR) is 309 cm³/mol. The molecular formula is C68H44N6OS. The number of para-hydroxylation sites is 6. The first-order valence-corrected chi connectivity index (χ1v) is 26.1. The number of fused-ring (bicyclic) bond motifs is 4. The van der Waals surface area contributed by atoms with Gasteiger partial charge in [0.05, 0.1) is 45.5 Å². The molecule has 7 nitrogen and oxygen atoms in total. The lowest BCUT2D eigenvalue weighted by Crippen LogP contribution is -2.16. The van der Waals surface area contributed by atoms with Gasteiger partial charge in [-0.3, -0.25) is 0 Å². The first kappa shape index (κ1) is 44.8. The minimum absolute atomic E-state index is 0.641. The van der Waals surface area contributed by atoms with Crippen molar-refractivity contribution < 1.29 is 4.74 Å². The van der Waals surface area contributed by atoms with Gasteiger partial charge in [0.2, 0.25) is 0 Å². The van der Waals surface area contributed by atoms with Crippen molar-refractivity contribution in [3.63, 3.8) is 0 Å². The van der Waals surface area contributed by atoms with Crippen molar-refractivity contribution in [3.05, 3.63) is 267 Å². The van der Waals surface area contributed by atoms with Gasteiger partial charge in [-0.15, -0.1) is 0 Å². The zero-order chi connectivity index (χ0) is 50.4. The molecule has 14 rings (SSSR count). The number of hydrogen-bond acceptors (Lipinski definition) is 8. The van der Waals surface area contributed by atoms with E-state index in [1.807, 2.05) is 72.8 Å². The Morgan fingerprint density at radius 1 is 0.263 bits per heavy atom. The average Bonchev–Trinajstić information content (AvgIpc) is 3.56. The van der Waals surface area contributed by atoms with Crippen LogP contribution in [0.25, 0.3) is 78.9 Å². The molecule has 2 aromatic heterocycles. The van der Waals surface area contributed by atoms with Crippen LogP contribution in [0.1, 0.15) is 0 Å². The number of rotatable bonds is 9. The van der Waals surface area contributed by atoms with Gasteiger partial charge >= 0.3 is 0 Å². The van der Waals surface area contributed by atoms with Gasteiger partial charge in [0.15, 0.2) is 23.1 Å². The van der Waals surface area contributed by atoms with Crippen LogP contribution in [0.4, 0.5) is 34.1 Å². The molecule has 0 amide bonds. The maximum atomic E-state index is 6.59. The summed E-state index contributed by atoms with van der Waals surface area (Å²) in [5.41, 5.74) is 16.9. The zero-order valence-electron chi connectivity index (χ0n) is 40.9. The monoisotopic (exact) mass is 992 g/mol. The third-order valence-corrected chi connectivity index (χ3v) is 14.9. The summed E-state index contributed by atoms with van der Waals surface area (Å²) in [6.07, 6.45) is 0. The highest BCUT2D eigenvalue weighted by Crippen LogP contribution is 2.54. The lowest BCUT2D eigenvalue weighted by molar-refractivity contribution is 0.477. The van der Waals surface area contributed by atoms with E-state index in [2.05, 4.69) is 204 Å². The number of hydrogen-bond donors (Lipinski definition) is 0. The summed E-state index contributed by atoms with van der Waals surface area (Å²) >= 11 is 1.80. The second-order valence-electron chi connectivity index (χ2n) is 18.7. The third-order valence-electron chi connectivity index (χ3n) is 13.8. The maximum absolute atomic E-state index is 6.59. The van der Waals surface area contributed by atoms with E-state index in [1.165, 1.54) is 9.79 Å². The highest BCUT2D eigenvalue weighted by molar-refractivity contribution is 7.99. The van der Waals surface area contributed by atoms with Gasteiger partial charge in [-0.2, -0.15) is 0 Å². The lowest BCUT2D eigenvalue weighted by atomic mass is 9.95. The van der Waals surface area contributed by atoms with E-state index in [-0.39, 0.29) is 0 Å². The van der Waals surface area contributed by atoms with Gasteiger partial charge < -0.3 is 14.5 Å². The largest absolute Gasteiger partial charge is 0.453 e. The van der Waals surface area contributed by atoms with Crippen molar-refractivity contribution in [1.82, 2.24) is 19.9 Å². The first-order chi connectivity index (χ1) is 37.6. The summed E-state index contributed by atoms with van der Waals surface area (Å²) in [5, 5.41) is 0. The van der Waals surface area contributed by atoms with Crippen LogP contribution in [0.3, 0.4) is 0 Å². The first-order valence-electron chi connectivity index (χ1n) is 25.3. The number of ether oxygens (including phenoxy) is 1. The number of nitrogens with zero attached hydrogens (tertiary/aromatic N) is 6. The van der Waals surface area contributed by atoms with Crippen LogP contribution in [0.2, 0.25) is 0 Å². The molecule has 0 fully saturated rings. The van der Waals surface area contributed by atoms with E-state index < -0.39 is 0 Å². The van der Waals surface area contributed by atoms with Crippen molar-refractivity contribution in [1.29, 1.82) is 0 Å². The molecule has 0 aliphatic carbocycles. The second-order valence-corrected chi connectivity index (χ2v) is 19.8. The molecule has 0 atom stereocenters. The summed E-state index contributed by atoms with van der Waals surface area (Å²) in [5.74, 6) is 2.83. The Kier molecular flexibility index (Phi) is 11.3. The molecule has 0 bridgehead atoms. The molecule has 0 saturated carbocycles. The Labute approximate surface area is 445 Å². The van der Waals surface area contributed by atoms with Gasteiger partial charge in [-0.25, -0.2) is 19.9 Å². The highest BCUT2D eigenvalue weighted by Gasteiger charge is 2.29. The van der Waals surface area contributed by atoms with Gasteiger partial charge in [0.25, 0.3) is 0 Å². The SMILES string of the molecule is c1ccc(-c2cc(-c3cc(-c4cc(-c5cc(-c6ccccc6)nc(-c6ccccc6)n5)cc(N5c6ccccc6Sc6ccccc65)c4)cc(N4c5ccccc5Oc5ccccc54)c3)nc(-c3ccccc3)n2)cc1. The van der Waals surface area contributed by atoms with Crippen molar-refractivity contribution in [2.75, 3.05) is 9.80 Å². The molecule has 0 saturated heterocycles. The van der Waals surface area contributed by atoms with Crippen LogP contribution in [-0.4, -0.2) is 19.9 Å². The van der Waals surface area contributed by atoms with Crippen LogP contribution in [-0.2, 0) is 0 Å². The molecule has 10 aromatic carbocycles. The Bertz CT molecular complexity index is 3660. The number of anilines is 6. The van der Waals surface area contributed by atoms with E-state index in [0.717, 1.165) is 113 Å². The van der Waals surface area contributed by atoms with Crippen LogP contribution < -0.4 is 14.5 Å². The molecule has 0 spiro atoms. The molecule has 0 radical (unpaired) electrons. The standard InChI is InChI=1S/C68H44N6OS/c1-5-21-45(22-6-1)55-43-57(71-67(69-55)47-25-9-3-10-26-47)51-37-49(39-53(41-51)73-59-29-13-17-33-63(59)75-64-34-18-14-30-60(64)73)50-38-52(42-54(40-50)74-61-31-15-19-35-65(61)76-66-36-20-16-32-62(66)74)58-44-56(46-23-7-2-8-24-46)70-68(72-58)48-27-11-4-12-28-48/h1-44H. The molecule has 0 N–H and O–H groups in total. The van der Waals surface area contributed by atoms with E-state index >= 15 is 0 Å². The molecule has 0 unspecified atom stereocenters. The highest BCUT2D eigenvalue weighted by atomic mass is 32.2. The smallest absolute Gasteiger partial charge is 0.160 e. The Balaban J connectivity index is 1.05.